The van der Waals surface area contributed by atoms with Crippen LogP contribution in [0.5, 0.6) is 11.5 Å². The lowest BCUT2D eigenvalue weighted by Gasteiger charge is -2.19. The van der Waals surface area contributed by atoms with Gasteiger partial charge in [-0.05, 0) is 42.0 Å². The fourth-order valence-electron chi connectivity index (χ4n) is 2.73. The van der Waals surface area contributed by atoms with Crippen molar-refractivity contribution in [2.75, 3.05) is 32.7 Å². The number of thiophene rings is 1. The summed E-state index contributed by atoms with van der Waals surface area (Å²) >= 11 is 1.66. The summed E-state index contributed by atoms with van der Waals surface area (Å²) in [5.74, 6) is 2.50. The average Bonchev–Trinajstić information content (AvgIpc) is 3.00. The fourth-order valence-corrected chi connectivity index (χ4v) is 3.61. The number of ether oxygens (including phenoxy) is 2. The highest BCUT2D eigenvalue weighted by molar-refractivity contribution is 7.17. The number of methoxy groups -OCH3 is 2. The van der Waals surface area contributed by atoms with Crippen LogP contribution in [0, 0.1) is 6.92 Å². The number of anilines is 1. The van der Waals surface area contributed by atoms with Gasteiger partial charge in [0.15, 0.2) is 11.5 Å². The molecule has 3 aromatic rings. The highest BCUT2D eigenvalue weighted by atomic mass is 32.1. The Hall–Kier alpha value is -2.34. The molecule has 0 aliphatic rings. The monoisotopic (exact) mass is 343 g/mol. The van der Waals surface area contributed by atoms with E-state index >= 15 is 0 Å². The number of aryl methyl sites for hydroxylation is 1. The van der Waals surface area contributed by atoms with Crippen LogP contribution in [0.2, 0.25) is 0 Å². The Morgan fingerprint density at radius 1 is 1.12 bits per heavy atom. The molecule has 0 saturated heterocycles. The lowest BCUT2D eigenvalue weighted by atomic mass is 10.1. The van der Waals surface area contributed by atoms with E-state index in [9.17, 15) is 0 Å². The first-order valence-electron chi connectivity index (χ1n) is 7.75. The van der Waals surface area contributed by atoms with Gasteiger partial charge in [-0.3, -0.25) is 0 Å². The van der Waals surface area contributed by atoms with Crippen LogP contribution in [0.15, 0.2) is 29.9 Å². The molecule has 0 bridgehead atoms. The maximum atomic E-state index is 5.37. The second-order valence-corrected chi connectivity index (χ2v) is 6.52. The van der Waals surface area contributed by atoms with Gasteiger partial charge < -0.3 is 14.4 Å². The van der Waals surface area contributed by atoms with Crippen LogP contribution in [0.3, 0.4) is 0 Å². The summed E-state index contributed by atoms with van der Waals surface area (Å²) in [6.07, 6.45) is 2.53. The van der Waals surface area contributed by atoms with Crippen molar-refractivity contribution < 1.29 is 9.47 Å². The number of likely N-dealkylation sites (N-methyl/N-ethyl adjacent to an activating group) is 1. The van der Waals surface area contributed by atoms with E-state index in [0.717, 1.165) is 40.5 Å². The van der Waals surface area contributed by atoms with Crippen LogP contribution >= 0.6 is 11.3 Å². The van der Waals surface area contributed by atoms with Gasteiger partial charge in [-0.2, -0.15) is 0 Å². The van der Waals surface area contributed by atoms with Crippen molar-refractivity contribution >= 4 is 27.4 Å². The Balaban J connectivity index is 1.78. The van der Waals surface area contributed by atoms with Crippen LogP contribution in [-0.2, 0) is 6.42 Å². The summed E-state index contributed by atoms with van der Waals surface area (Å²) in [7, 11) is 5.37. The molecule has 0 unspecified atom stereocenters. The number of rotatable bonds is 6. The number of hydrogen-bond acceptors (Lipinski definition) is 6. The van der Waals surface area contributed by atoms with E-state index in [1.54, 1.807) is 31.9 Å². The smallest absolute Gasteiger partial charge is 0.160 e. The zero-order valence-electron chi connectivity index (χ0n) is 14.4. The molecule has 0 aliphatic carbocycles. The molecule has 6 heteroatoms. The molecule has 0 atom stereocenters. The molecule has 2 heterocycles. The maximum absolute atomic E-state index is 5.37. The molecule has 0 radical (unpaired) electrons. The van der Waals surface area contributed by atoms with E-state index in [2.05, 4.69) is 40.3 Å². The summed E-state index contributed by atoms with van der Waals surface area (Å²) < 4.78 is 10.7. The van der Waals surface area contributed by atoms with Crippen LogP contribution in [0.25, 0.3) is 10.2 Å². The molecular weight excluding hydrogens is 322 g/mol. The van der Waals surface area contributed by atoms with E-state index in [1.807, 2.05) is 12.1 Å². The van der Waals surface area contributed by atoms with Crippen LogP contribution in [0.1, 0.15) is 11.1 Å². The van der Waals surface area contributed by atoms with Gasteiger partial charge >= 0.3 is 0 Å². The number of nitrogens with zero attached hydrogens (tertiary/aromatic N) is 3. The van der Waals surface area contributed by atoms with Gasteiger partial charge in [0.2, 0.25) is 0 Å². The third-order valence-electron chi connectivity index (χ3n) is 4.08. The van der Waals surface area contributed by atoms with Crippen molar-refractivity contribution in [2.45, 2.75) is 13.3 Å². The normalized spacial score (nSPS) is 10.8. The Labute approximate surface area is 145 Å². The van der Waals surface area contributed by atoms with Gasteiger partial charge in [-0.15, -0.1) is 11.3 Å². The topological polar surface area (TPSA) is 47.5 Å². The molecule has 0 fully saturated rings. The highest BCUT2D eigenvalue weighted by Gasteiger charge is 2.13. The third kappa shape index (κ3) is 3.14. The number of benzene rings is 1. The van der Waals surface area contributed by atoms with Gasteiger partial charge in [0, 0.05) is 13.6 Å². The lowest BCUT2D eigenvalue weighted by Crippen LogP contribution is -2.21. The Bertz CT molecular complexity index is 847. The minimum absolute atomic E-state index is 0.751. The molecule has 24 heavy (non-hydrogen) atoms. The fraction of sp³-hybridized carbons (Fsp3) is 0.333. The van der Waals surface area contributed by atoms with Gasteiger partial charge in [0.05, 0.1) is 19.6 Å². The molecule has 3 rings (SSSR count). The zero-order valence-corrected chi connectivity index (χ0v) is 15.2. The summed E-state index contributed by atoms with van der Waals surface area (Å²) in [5, 5.41) is 3.28. The minimum Gasteiger partial charge on any atom is -0.493 e. The molecule has 0 saturated carbocycles. The standard InChI is InChI=1S/C18H21N3O2S/c1-12-10-24-18-16(12)17(19-11-20-18)21(2)8-7-13-5-6-14(22-3)15(9-13)23-4/h5-6,9-11H,7-8H2,1-4H3. The first-order valence-corrected chi connectivity index (χ1v) is 8.63. The molecular formula is C18H21N3O2S. The van der Waals surface area contributed by atoms with E-state index in [-0.39, 0.29) is 0 Å². The van der Waals surface area contributed by atoms with Crippen molar-refractivity contribution in [3.63, 3.8) is 0 Å². The van der Waals surface area contributed by atoms with Crippen molar-refractivity contribution in [1.29, 1.82) is 0 Å². The van der Waals surface area contributed by atoms with E-state index in [1.165, 1.54) is 11.1 Å². The van der Waals surface area contributed by atoms with Crippen LogP contribution < -0.4 is 14.4 Å². The minimum atomic E-state index is 0.751. The molecule has 5 nitrogen and oxygen atoms in total. The summed E-state index contributed by atoms with van der Waals surface area (Å²) in [4.78, 5) is 12.1. The van der Waals surface area contributed by atoms with E-state index in [4.69, 9.17) is 9.47 Å². The third-order valence-corrected chi connectivity index (χ3v) is 5.08. The Morgan fingerprint density at radius 2 is 1.92 bits per heavy atom. The maximum Gasteiger partial charge on any atom is 0.160 e. The second kappa shape index (κ2) is 7.05. The summed E-state index contributed by atoms with van der Waals surface area (Å²) in [5.41, 5.74) is 2.43. The molecule has 2 aromatic heterocycles. The van der Waals surface area contributed by atoms with Gasteiger partial charge in [-0.1, -0.05) is 6.07 Å². The Morgan fingerprint density at radius 3 is 2.67 bits per heavy atom. The predicted molar refractivity (Wildman–Crippen MR) is 98.7 cm³/mol. The molecule has 126 valence electrons. The molecule has 0 amide bonds. The number of fused-ring (bicyclic) bond motifs is 1. The van der Waals surface area contributed by atoms with Crippen molar-refractivity contribution in [3.8, 4) is 11.5 Å². The largest absolute Gasteiger partial charge is 0.493 e. The average molecular weight is 343 g/mol. The van der Waals surface area contributed by atoms with Crippen molar-refractivity contribution in [1.82, 2.24) is 9.97 Å². The molecule has 1 aromatic carbocycles. The van der Waals surface area contributed by atoms with Gasteiger partial charge in [-0.25, -0.2) is 9.97 Å². The lowest BCUT2D eigenvalue weighted by molar-refractivity contribution is 0.354. The molecule has 0 N–H and O–H groups in total. The molecule has 0 aliphatic heterocycles. The summed E-state index contributed by atoms with van der Waals surface area (Å²) in [6, 6.07) is 6.04. The van der Waals surface area contributed by atoms with Gasteiger partial charge in [0.25, 0.3) is 0 Å². The highest BCUT2D eigenvalue weighted by Crippen LogP contribution is 2.31. The zero-order chi connectivity index (χ0) is 17.1. The van der Waals surface area contributed by atoms with Crippen molar-refractivity contribution in [3.05, 3.63) is 41.0 Å². The number of hydrogen-bond donors (Lipinski definition) is 0. The second-order valence-electron chi connectivity index (χ2n) is 5.66. The SMILES string of the molecule is COc1ccc(CCN(C)c2ncnc3scc(C)c23)cc1OC. The predicted octanol–water partition coefficient (Wildman–Crippen LogP) is 3.70. The summed E-state index contributed by atoms with van der Waals surface area (Å²) in [6.45, 7) is 2.96. The van der Waals surface area contributed by atoms with E-state index < -0.39 is 0 Å². The quantitative estimate of drug-likeness (QED) is 0.683. The first-order chi connectivity index (χ1) is 11.6. The van der Waals surface area contributed by atoms with E-state index in [0.29, 0.717) is 0 Å². The number of aromatic nitrogens is 2. The first kappa shape index (κ1) is 16.5. The molecule has 0 spiro atoms. The van der Waals surface area contributed by atoms with Crippen LogP contribution in [0.4, 0.5) is 5.82 Å². The van der Waals surface area contributed by atoms with Crippen molar-refractivity contribution in [2.24, 2.45) is 0 Å². The van der Waals surface area contributed by atoms with Gasteiger partial charge in [0.1, 0.15) is 17.0 Å². The van der Waals surface area contributed by atoms with Crippen LogP contribution in [-0.4, -0.2) is 37.8 Å². The Kier molecular flexibility index (Phi) is 4.85.